The zero-order chi connectivity index (χ0) is 24.0. The van der Waals surface area contributed by atoms with Crippen LogP contribution in [0.2, 0.25) is 0 Å². The van der Waals surface area contributed by atoms with E-state index in [9.17, 15) is 19.6 Å². The van der Waals surface area contributed by atoms with E-state index in [0.717, 1.165) is 6.42 Å². The Morgan fingerprint density at radius 3 is 2.48 bits per heavy atom. The van der Waals surface area contributed by atoms with E-state index < -0.39 is 17.5 Å². The predicted molar refractivity (Wildman–Crippen MR) is 122 cm³/mol. The second-order valence-corrected chi connectivity index (χ2v) is 7.26. The maximum absolute atomic E-state index is 12.5. The molecule has 8 nitrogen and oxygen atoms in total. The van der Waals surface area contributed by atoms with Gasteiger partial charge in [0.2, 0.25) is 0 Å². The van der Waals surface area contributed by atoms with Gasteiger partial charge in [0.1, 0.15) is 34.3 Å². The minimum atomic E-state index is -0.862. The molecule has 0 spiro atoms. The first kappa shape index (κ1) is 23.3. The molecule has 0 aliphatic rings. The number of rotatable bonds is 7. The van der Waals surface area contributed by atoms with E-state index in [1.165, 1.54) is 31.4 Å². The van der Waals surface area contributed by atoms with Gasteiger partial charge >= 0.3 is 11.6 Å². The van der Waals surface area contributed by atoms with E-state index in [0.29, 0.717) is 16.7 Å². The van der Waals surface area contributed by atoms with Crippen molar-refractivity contribution in [3.8, 4) is 17.6 Å². The largest absolute Gasteiger partial charge is 0.497 e. The molecular weight excluding hydrogens is 424 g/mol. The van der Waals surface area contributed by atoms with E-state index in [-0.39, 0.29) is 28.5 Å². The normalized spacial score (nSPS) is 12.0. The second kappa shape index (κ2) is 10.3. The van der Waals surface area contributed by atoms with Crippen LogP contribution in [0.3, 0.4) is 0 Å². The molecule has 3 rings (SSSR count). The van der Waals surface area contributed by atoms with Gasteiger partial charge in [-0.1, -0.05) is 19.1 Å². The fourth-order valence-electron chi connectivity index (χ4n) is 2.88. The average molecular weight is 446 g/mol. The third-order valence-corrected chi connectivity index (χ3v) is 4.92. The van der Waals surface area contributed by atoms with Gasteiger partial charge in [-0.3, -0.25) is 4.79 Å². The van der Waals surface area contributed by atoms with Gasteiger partial charge in [0.05, 0.1) is 7.11 Å². The molecule has 1 unspecified atom stereocenters. The fourth-order valence-corrected chi connectivity index (χ4v) is 2.88. The highest BCUT2D eigenvalue weighted by Gasteiger charge is 2.17. The molecule has 0 aliphatic heterocycles. The van der Waals surface area contributed by atoms with Crippen LogP contribution in [-0.2, 0) is 4.79 Å². The number of carbonyl (C=O) groups excluding carboxylic acids is 2. The van der Waals surface area contributed by atoms with Gasteiger partial charge < -0.3 is 19.2 Å². The van der Waals surface area contributed by atoms with E-state index >= 15 is 0 Å². The number of hydrogen-bond acceptors (Lipinski definition) is 7. The summed E-state index contributed by atoms with van der Waals surface area (Å²) >= 11 is 0. The van der Waals surface area contributed by atoms with Crippen molar-refractivity contribution >= 4 is 28.9 Å². The lowest BCUT2D eigenvalue weighted by molar-refractivity contribution is -0.129. The summed E-state index contributed by atoms with van der Waals surface area (Å²) in [6.45, 7) is 3.75. The minimum Gasteiger partial charge on any atom is -0.497 e. The first-order chi connectivity index (χ1) is 15.8. The van der Waals surface area contributed by atoms with Crippen LogP contribution in [-0.4, -0.2) is 25.0 Å². The summed E-state index contributed by atoms with van der Waals surface area (Å²) in [7, 11) is 1.54. The molecule has 1 N–H and O–H groups in total. The smallest absolute Gasteiger partial charge is 0.354 e. The van der Waals surface area contributed by atoms with E-state index in [2.05, 4.69) is 5.32 Å². The number of nitriles is 1. The molecule has 2 aromatic carbocycles. The zero-order valence-corrected chi connectivity index (χ0v) is 18.4. The van der Waals surface area contributed by atoms with Crippen molar-refractivity contribution in [2.45, 2.75) is 26.3 Å². The van der Waals surface area contributed by atoms with Crippen LogP contribution in [0.5, 0.6) is 11.5 Å². The van der Waals surface area contributed by atoms with Crippen LogP contribution in [0.15, 0.2) is 63.3 Å². The van der Waals surface area contributed by atoms with Crippen molar-refractivity contribution in [1.82, 2.24) is 5.32 Å². The highest BCUT2D eigenvalue weighted by Crippen LogP contribution is 2.22. The number of amides is 1. The summed E-state index contributed by atoms with van der Waals surface area (Å²) in [5.74, 6) is -0.646. The number of esters is 1. The third kappa shape index (κ3) is 5.66. The molecule has 1 amide bonds. The summed E-state index contributed by atoms with van der Waals surface area (Å²) in [6.07, 6.45) is 2.11. The Morgan fingerprint density at radius 2 is 1.85 bits per heavy atom. The molecule has 0 radical (unpaired) electrons. The number of nitrogens with zero attached hydrogens (tertiary/aromatic N) is 1. The minimum absolute atomic E-state index is 0.0864. The van der Waals surface area contributed by atoms with Crippen LogP contribution in [0.4, 0.5) is 0 Å². The molecule has 0 saturated heterocycles. The van der Waals surface area contributed by atoms with Gasteiger partial charge in [0, 0.05) is 17.5 Å². The van der Waals surface area contributed by atoms with E-state index in [1.807, 2.05) is 19.9 Å². The molecule has 8 heteroatoms. The first-order valence-electron chi connectivity index (χ1n) is 10.2. The SMILES string of the molecule is CCC(C)NC(=O)c1cc2ccc(OC(=O)/C(C#N)=C/c3ccc(OC)cc3)cc2oc1=O. The van der Waals surface area contributed by atoms with Crippen LogP contribution in [0.25, 0.3) is 17.0 Å². The zero-order valence-electron chi connectivity index (χ0n) is 18.4. The molecule has 0 fully saturated rings. The van der Waals surface area contributed by atoms with Crippen molar-refractivity contribution in [2.24, 2.45) is 0 Å². The molecule has 1 heterocycles. The lowest BCUT2D eigenvalue weighted by Crippen LogP contribution is -2.34. The van der Waals surface area contributed by atoms with Crippen LogP contribution in [0, 0.1) is 11.3 Å². The monoisotopic (exact) mass is 446 g/mol. The Hall–Kier alpha value is -4.38. The van der Waals surface area contributed by atoms with E-state index in [4.69, 9.17) is 13.9 Å². The van der Waals surface area contributed by atoms with E-state index in [1.54, 1.807) is 30.3 Å². The van der Waals surface area contributed by atoms with Crippen molar-refractivity contribution in [3.05, 3.63) is 75.7 Å². The molecular formula is C25H22N2O6. The maximum Gasteiger partial charge on any atom is 0.354 e. The third-order valence-electron chi connectivity index (χ3n) is 4.92. The number of ether oxygens (including phenoxy) is 2. The Labute approximate surface area is 190 Å². The number of methoxy groups -OCH3 is 1. The first-order valence-corrected chi connectivity index (χ1v) is 10.2. The van der Waals surface area contributed by atoms with Crippen molar-refractivity contribution in [3.63, 3.8) is 0 Å². The number of hydrogen-bond donors (Lipinski definition) is 1. The quantitative estimate of drug-likeness (QED) is 0.193. The Kier molecular flexibility index (Phi) is 7.26. The topological polar surface area (TPSA) is 119 Å². The lowest BCUT2D eigenvalue weighted by atomic mass is 10.1. The standard InChI is InChI=1S/C25H22N2O6/c1-4-15(2)27-23(28)21-12-17-7-10-20(13-22(17)33-25(21)30)32-24(29)18(14-26)11-16-5-8-19(31-3)9-6-16/h5-13,15H,4H2,1-3H3,(H,27,28)/b18-11+. The Morgan fingerprint density at radius 1 is 1.15 bits per heavy atom. The molecule has 33 heavy (non-hydrogen) atoms. The van der Waals surface area contributed by atoms with Crippen LogP contribution in [0.1, 0.15) is 36.2 Å². The van der Waals surface area contributed by atoms with Gasteiger partial charge in [-0.2, -0.15) is 5.26 Å². The van der Waals surface area contributed by atoms with Crippen LogP contribution < -0.4 is 20.4 Å². The summed E-state index contributed by atoms with van der Waals surface area (Å²) in [4.78, 5) is 37.1. The average Bonchev–Trinajstić information content (AvgIpc) is 2.82. The summed E-state index contributed by atoms with van der Waals surface area (Å²) in [5.41, 5.74) is -0.357. The maximum atomic E-state index is 12.5. The molecule has 0 bridgehead atoms. The van der Waals surface area contributed by atoms with Gasteiger partial charge in [-0.15, -0.1) is 0 Å². The van der Waals surface area contributed by atoms with Gasteiger partial charge in [0.25, 0.3) is 5.91 Å². The molecule has 0 saturated carbocycles. The summed E-state index contributed by atoms with van der Waals surface area (Å²) < 4.78 is 15.6. The predicted octanol–water partition coefficient (Wildman–Crippen LogP) is 3.84. The lowest BCUT2D eigenvalue weighted by Gasteiger charge is -2.11. The highest BCUT2D eigenvalue weighted by atomic mass is 16.5. The van der Waals surface area contributed by atoms with Gasteiger partial charge in [-0.05, 0) is 55.3 Å². The fraction of sp³-hybridized carbons (Fsp3) is 0.200. The number of carbonyl (C=O) groups is 2. The Balaban J connectivity index is 1.82. The molecule has 3 aromatic rings. The van der Waals surface area contributed by atoms with Gasteiger partial charge in [-0.25, -0.2) is 9.59 Å². The summed E-state index contributed by atoms with van der Waals surface area (Å²) in [5, 5.41) is 12.6. The van der Waals surface area contributed by atoms with Crippen molar-refractivity contribution < 1.29 is 23.5 Å². The highest BCUT2D eigenvalue weighted by molar-refractivity contribution is 6.00. The summed E-state index contributed by atoms with van der Waals surface area (Å²) in [6, 6.07) is 14.4. The van der Waals surface area contributed by atoms with Gasteiger partial charge in [0.15, 0.2) is 0 Å². The number of benzene rings is 2. The number of nitrogens with one attached hydrogen (secondary N) is 1. The van der Waals surface area contributed by atoms with Crippen molar-refractivity contribution in [1.29, 1.82) is 5.26 Å². The number of fused-ring (bicyclic) bond motifs is 1. The molecule has 0 aliphatic carbocycles. The molecule has 1 atom stereocenters. The molecule has 168 valence electrons. The van der Waals surface area contributed by atoms with Crippen molar-refractivity contribution in [2.75, 3.05) is 7.11 Å². The Bertz CT molecular complexity index is 1320. The second-order valence-electron chi connectivity index (χ2n) is 7.26. The van der Waals surface area contributed by atoms with Crippen LogP contribution >= 0.6 is 0 Å². The molecule has 1 aromatic heterocycles.